The van der Waals surface area contributed by atoms with Gasteiger partial charge in [-0.15, -0.1) is 0 Å². The van der Waals surface area contributed by atoms with E-state index in [4.69, 9.17) is 15.5 Å². The van der Waals surface area contributed by atoms with Crippen LogP contribution < -0.4 is 15.5 Å². The number of piperidine rings is 1. The third-order valence-corrected chi connectivity index (χ3v) is 6.78. The average molecular weight is 422 g/mol. The van der Waals surface area contributed by atoms with Gasteiger partial charge in [-0.3, -0.25) is 4.68 Å². The third kappa shape index (κ3) is 3.53. The fourth-order valence-electron chi connectivity index (χ4n) is 5.01. The van der Waals surface area contributed by atoms with Gasteiger partial charge in [0.2, 0.25) is 0 Å². The first-order valence-corrected chi connectivity index (χ1v) is 11.0. The van der Waals surface area contributed by atoms with Gasteiger partial charge in [0, 0.05) is 58.3 Å². The maximum Gasteiger partial charge on any atom is 0.159 e. The van der Waals surface area contributed by atoms with Crippen molar-refractivity contribution in [3.05, 3.63) is 41.3 Å². The minimum Gasteiger partial charge on any atom is -0.378 e. The molecule has 164 valence electrons. The first-order valence-electron chi connectivity index (χ1n) is 11.0. The van der Waals surface area contributed by atoms with E-state index < -0.39 is 0 Å². The molecular weight excluding hydrogens is 390 g/mol. The molecule has 2 aliphatic rings. The number of aryl methyl sites for hydroxylation is 2. The Labute approximate surface area is 183 Å². The molecule has 0 radical (unpaired) electrons. The van der Waals surface area contributed by atoms with Crippen molar-refractivity contribution in [2.24, 2.45) is 12.8 Å². The molecule has 8 heteroatoms. The second-order valence-corrected chi connectivity index (χ2v) is 8.98. The molecule has 5 rings (SSSR count). The first kappa shape index (κ1) is 20.2. The van der Waals surface area contributed by atoms with Crippen molar-refractivity contribution in [2.45, 2.75) is 44.9 Å². The lowest BCUT2D eigenvalue weighted by Crippen LogP contribution is -2.51. The van der Waals surface area contributed by atoms with E-state index in [1.807, 2.05) is 24.9 Å². The second-order valence-electron chi connectivity index (χ2n) is 8.98. The number of pyridine rings is 2. The summed E-state index contributed by atoms with van der Waals surface area (Å²) in [4.78, 5) is 14.2. The van der Waals surface area contributed by atoms with E-state index in [9.17, 15) is 0 Å². The number of rotatable bonds is 3. The van der Waals surface area contributed by atoms with Crippen molar-refractivity contribution in [2.75, 3.05) is 36.5 Å². The summed E-state index contributed by atoms with van der Waals surface area (Å²) >= 11 is 0. The maximum atomic E-state index is 6.20. The number of fused-ring (bicyclic) bond motifs is 2. The van der Waals surface area contributed by atoms with Crippen LogP contribution in [-0.2, 0) is 18.3 Å². The zero-order valence-electron chi connectivity index (χ0n) is 18.7. The van der Waals surface area contributed by atoms with E-state index in [2.05, 4.69) is 45.1 Å². The molecule has 0 aliphatic carbocycles. The minimum atomic E-state index is 0.0521. The fourth-order valence-corrected chi connectivity index (χ4v) is 5.01. The number of hydrogen-bond donors (Lipinski definition) is 1. The summed E-state index contributed by atoms with van der Waals surface area (Å²) in [6, 6.07) is 4.54. The lowest BCUT2D eigenvalue weighted by atomic mass is 9.91. The quantitative estimate of drug-likeness (QED) is 0.695. The van der Waals surface area contributed by atoms with Gasteiger partial charge in [0.1, 0.15) is 5.82 Å². The summed E-state index contributed by atoms with van der Waals surface area (Å²) in [6.07, 6.45) is 4.95. The molecule has 1 saturated heterocycles. The number of ether oxygens (including phenoxy) is 1. The van der Waals surface area contributed by atoms with Gasteiger partial charge in [0.05, 0.1) is 23.4 Å². The highest BCUT2D eigenvalue weighted by Gasteiger charge is 2.29. The van der Waals surface area contributed by atoms with E-state index >= 15 is 0 Å². The topological polar surface area (TPSA) is 85.3 Å². The second kappa shape index (κ2) is 7.76. The van der Waals surface area contributed by atoms with Crippen molar-refractivity contribution in [1.82, 2.24) is 19.7 Å². The van der Waals surface area contributed by atoms with Gasteiger partial charge in [-0.05, 0) is 42.5 Å². The van der Waals surface area contributed by atoms with E-state index in [1.54, 1.807) is 7.11 Å². The van der Waals surface area contributed by atoms with Crippen LogP contribution in [0.4, 0.5) is 11.5 Å². The molecular formula is C23H31N7O. The number of nitrogens with zero attached hydrogens (tertiary/aromatic N) is 6. The van der Waals surface area contributed by atoms with Gasteiger partial charge in [-0.25, -0.2) is 9.97 Å². The van der Waals surface area contributed by atoms with E-state index in [0.717, 1.165) is 55.1 Å². The monoisotopic (exact) mass is 421 g/mol. The summed E-state index contributed by atoms with van der Waals surface area (Å²) < 4.78 is 7.43. The Morgan fingerprint density at radius 3 is 2.81 bits per heavy atom. The van der Waals surface area contributed by atoms with E-state index in [0.29, 0.717) is 5.92 Å². The SMILES string of the molecule is CO[C@H]1CN(c2cc3c(cn2)CN(c2cc(C)nc4c2cnn4C)C[C@@H]3C)CC[C@@H]1N. The van der Waals surface area contributed by atoms with Crippen LogP contribution in [0.1, 0.15) is 36.1 Å². The van der Waals surface area contributed by atoms with Crippen LogP contribution in [0.15, 0.2) is 24.5 Å². The van der Waals surface area contributed by atoms with Crippen molar-refractivity contribution in [1.29, 1.82) is 0 Å². The van der Waals surface area contributed by atoms with Crippen molar-refractivity contribution >= 4 is 22.5 Å². The van der Waals surface area contributed by atoms with Crippen LogP contribution >= 0.6 is 0 Å². The molecule has 3 aromatic heterocycles. The molecule has 0 spiro atoms. The molecule has 5 heterocycles. The molecule has 3 atom stereocenters. The smallest absolute Gasteiger partial charge is 0.159 e. The van der Waals surface area contributed by atoms with Gasteiger partial charge < -0.3 is 20.3 Å². The molecule has 1 fully saturated rings. The molecule has 0 aromatic carbocycles. The highest BCUT2D eigenvalue weighted by Crippen LogP contribution is 2.36. The zero-order chi connectivity index (χ0) is 21.7. The summed E-state index contributed by atoms with van der Waals surface area (Å²) in [5.74, 6) is 1.43. The zero-order valence-corrected chi connectivity index (χ0v) is 18.7. The molecule has 8 nitrogen and oxygen atoms in total. The van der Waals surface area contributed by atoms with E-state index in [-0.39, 0.29) is 12.1 Å². The first-order chi connectivity index (χ1) is 14.9. The average Bonchev–Trinajstić information content (AvgIpc) is 3.14. The lowest BCUT2D eigenvalue weighted by molar-refractivity contribution is 0.0728. The molecule has 0 bridgehead atoms. The Balaban J connectivity index is 1.44. The molecule has 0 saturated carbocycles. The standard InChI is InChI=1S/C23H31N7O/c1-14-11-30(20-7-15(2)27-23-18(20)10-26-28(23)3)12-16-9-25-22(8-17(14)16)29-6-5-19(24)21(13-29)31-4/h7-10,14,19,21H,5-6,11-13,24H2,1-4H3/t14-,19-,21-/m0/s1. The Morgan fingerprint density at radius 1 is 1.16 bits per heavy atom. The Bertz CT molecular complexity index is 1110. The van der Waals surface area contributed by atoms with Crippen LogP contribution in [0.3, 0.4) is 0 Å². The molecule has 31 heavy (non-hydrogen) atoms. The van der Waals surface area contributed by atoms with Crippen molar-refractivity contribution < 1.29 is 4.74 Å². The Kier molecular flexibility index (Phi) is 5.06. The van der Waals surface area contributed by atoms with Crippen LogP contribution in [0.25, 0.3) is 11.0 Å². The highest BCUT2D eigenvalue weighted by molar-refractivity contribution is 5.89. The van der Waals surface area contributed by atoms with Crippen LogP contribution in [0.2, 0.25) is 0 Å². The number of nitrogens with two attached hydrogens (primary N) is 1. The summed E-state index contributed by atoms with van der Waals surface area (Å²) in [7, 11) is 3.69. The molecule has 0 unspecified atom stereocenters. The number of anilines is 2. The molecule has 0 amide bonds. The minimum absolute atomic E-state index is 0.0521. The Hall–Kier alpha value is -2.71. The molecule has 2 aliphatic heterocycles. The van der Waals surface area contributed by atoms with E-state index in [1.165, 1.54) is 16.8 Å². The van der Waals surface area contributed by atoms with Crippen molar-refractivity contribution in [3.8, 4) is 0 Å². The van der Waals surface area contributed by atoms with Gasteiger partial charge in [0.15, 0.2) is 5.65 Å². The van der Waals surface area contributed by atoms with Crippen LogP contribution in [0.5, 0.6) is 0 Å². The normalized spacial score (nSPS) is 24.0. The number of aromatic nitrogens is 4. The van der Waals surface area contributed by atoms with Gasteiger partial charge in [-0.1, -0.05) is 6.92 Å². The van der Waals surface area contributed by atoms with Crippen molar-refractivity contribution in [3.63, 3.8) is 0 Å². The molecule has 2 N–H and O–H groups in total. The number of hydrogen-bond acceptors (Lipinski definition) is 7. The van der Waals surface area contributed by atoms with Gasteiger partial charge >= 0.3 is 0 Å². The van der Waals surface area contributed by atoms with Crippen LogP contribution in [-0.4, -0.2) is 58.6 Å². The lowest BCUT2D eigenvalue weighted by Gasteiger charge is -2.38. The largest absolute Gasteiger partial charge is 0.378 e. The summed E-state index contributed by atoms with van der Waals surface area (Å²) in [5.41, 5.74) is 12.0. The number of methoxy groups -OCH3 is 1. The van der Waals surface area contributed by atoms with Gasteiger partial charge in [-0.2, -0.15) is 5.10 Å². The Morgan fingerprint density at radius 2 is 2.00 bits per heavy atom. The van der Waals surface area contributed by atoms with Gasteiger partial charge in [0.25, 0.3) is 0 Å². The predicted molar refractivity (Wildman–Crippen MR) is 123 cm³/mol. The maximum absolute atomic E-state index is 6.20. The molecule has 3 aromatic rings. The predicted octanol–water partition coefficient (Wildman–Crippen LogP) is 2.35. The fraction of sp³-hybridized carbons (Fsp3) is 0.522. The summed E-state index contributed by atoms with van der Waals surface area (Å²) in [5, 5.41) is 5.53. The third-order valence-electron chi connectivity index (χ3n) is 6.78. The summed E-state index contributed by atoms with van der Waals surface area (Å²) in [6.45, 7) is 7.85. The highest BCUT2D eigenvalue weighted by atomic mass is 16.5. The van der Waals surface area contributed by atoms with Crippen LogP contribution in [0, 0.1) is 6.92 Å².